The molecule has 31 heavy (non-hydrogen) atoms. The second-order valence-corrected chi connectivity index (χ2v) is 8.63. The fraction of sp³-hybridized carbons (Fsp3) is 0.304. The Balaban J connectivity index is 1.73. The highest BCUT2D eigenvalue weighted by atomic mass is 32.1. The van der Waals surface area contributed by atoms with Crippen molar-refractivity contribution in [3.63, 3.8) is 0 Å². The number of Topliss-reactive ketones (excluding diaryl/α,β-unsaturated/α-hetero) is 1. The lowest BCUT2D eigenvalue weighted by Crippen LogP contribution is -2.33. The van der Waals surface area contributed by atoms with E-state index < -0.39 is 23.5 Å². The first-order valence-electron chi connectivity index (χ1n) is 9.96. The molecular weight excluding hydrogens is 416 g/mol. The number of para-hydroxylation sites is 1. The van der Waals surface area contributed by atoms with Gasteiger partial charge in [0, 0.05) is 16.8 Å². The van der Waals surface area contributed by atoms with E-state index in [-0.39, 0.29) is 11.3 Å². The van der Waals surface area contributed by atoms with Gasteiger partial charge in [0.05, 0.1) is 18.7 Å². The van der Waals surface area contributed by atoms with Crippen molar-refractivity contribution in [1.82, 2.24) is 9.80 Å². The lowest BCUT2D eigenvalue weighted by molar-refractivity contribution is -0.129. The van der Waals surface area contributed by atoms with E-state index in [4.69, 9.17) is 9.15 Å². The number of nitrogens with zero attached hydrogens (tertiary/aromatic N) is 2. The van der Waals surface area contributed by atoms with Crippen molar-refractivity contribution in [3.05, 3.63) is 63.7 Å². The Hall–Kier alpha value is -3.10. The van der Waals surface area contributed by atoms with E-state index in [9.17, 15) is 14.7 Å². The first-order valence-corrected chi connectivity index (χ1v) is 10.8. The molecule has 7 nitrogen and oxygen atoms in total. The van der Waals surface area contributed by atoms with Crippen molar-refractivity contribution in [1.29, 1.82) is 0 Å². The summed E-state index contributed by atoms with van der Waals surface area (Å²) in [5.74, 6) is -0.976. The number of hydrogen-bond donors (Lipinski definition) is 1. The molecule has 1 amide bonds. The third-order valence-electron chi connectivity index (χ3n) is 5.32. The number of aliphatic hydroxyl groups is 1. The summed E-state index contributed by atoms with van der Waals surface area (Å²) in [6, 6.07) is 10.1. The molecule has 0 spiro atoms. The standard InChI is InChI=1S/C23H24N2O5S/c1-24(2)10-6-11-25-19(17-9-5-12-31-17)18(21(27)23(25)28)20(26)16-13-14-7-4-8-15(29-3)22(14)30-16/h4-5,7-9,12-13,19,27H,6,10-11H2,1-3H3/t19-/m0/s1. The molecule has 1 N–H and O–H groups in total. The Morgan fingerprint density at radius 2 is 2.10 bits per heavy atom. The topological polar surface area (TPSA) is 83.2 Å². The highest BCUT2D eigenvalue weighted by molar-refractivity contribution is 7.10. The second-order valence-electron chi connectivity index (χ2n) is 7.65. The van der Waals surface area contributed by atoms with Gasteiger partial charge in [-0.15, -0.1) is 11.3 Å². The molecule has 8 heteroatoms. The van der Waals surface area contributed by atoms with Crippen LogP contribution in [0.5, 0.6) is 5.75 Å². The fourth-order valence-electron chi connectivity index (χ4n) is 3.86. The van der Waals surface area contributed by atoms with Gasteiger partial charge in [0.25, 0.3) is 5.91 Å². The van der Waals surface area contributed by atoms with Gasteiger partial charge < -0.3 is 24.1 Å². The first-order chi connectivity index (χ1) is 14.9. The molecule has 4 rings (SSSR count). The van der Waals surface area contributed by atoms with Crippen molar-refractivity contribution in [3.8, 4) is 5.75 Å². The van der Waals surface area contributed by atoms with Crippen LogP contribution in [0.15, 0.2) is 57.5 Å². The number of amides is 1. The molecule has 0 radical (unpaired) electrons. The smallest absolute Gasteiger partial charge is 0.290 e. The van der Waals surface area contributed by atoms with Gasteiger partial charge in [-0.3, -0.25) is 9.59 Å². The number of carbonyl (C=O) groups excluding carboxylic acids is 2. The molecule has 0 fully saturated rings. The normalized spacial score (nSPS) is 16.7. The summed E-state index contributed by atoms with van der Waals surface area (Å²) in [4.78, 5) is 30.8. The minimum absolute atomic E-state index is 0.0512. The van der Waals surface area contributed by atoms with E-state index in [1.54, 1.807) is 17.0 Å². The summed E-state index contributed by atoms with van der Waals surface area (Å²) in [6.45, 7) is 1.21. The zero-order valence-corrected chi connectivity index (χ0v) is 18.4. The van der Waals surface area contributed by atoms with Crippen LogP contribution >= 0.6 is 11.3 Å². The average molecular weight is 441 g/mol. The van der Waals surface area contributed by atoms with Crippen LogP contribution in [0, 0.1) is 0 Å². The lowest BCUT2D eigenvalue weighted by atomic mass is 10.00. The Morgan fingerprint density at radius 3 is 2.77 bits per heavy atom. The summed E-state index contributed by atoms with van der Waals surface area (Å²) >= 11 is 1.44. The van der Waals surface area contributed by atoms with Gasteiger partial charge in [-0.1, -0.05) is 18.2 Å². The van der Waals surface area contributed by atoms with Crippen molar-refractivity contribution >= 4 is 34.0 Å². The third kappa shape index (κ3) is 3.84. The van der Waals surface area contributed by atoms with Crippen molar-refractivity contribution in [2.24, 2.45) is 0 Å². The lowest BCUT2D eigenvalue weighted by Gasteiger charge is -2.26. The molecule has 3 aromatic rings. The van der Waals surface area contributed by atoms with Crippen LogP contribution in [0.1, 0.15) is 27.9 Å². The molecule has 1 aliphatic heterocycles. The summed E-state index contributed by atoms with van der Waals surface area (Å²) in [7, 11) is 5.45. The minimum Gasteiger partial charge on any atom is -0.503 e. The van der Waals surface area contributed by atoms with Crippen LogP contribution in [0.2, 0.25) is 0 Å². The number of ketones is 1. The predicted molar refractivity (Wildman–Crippen MR) is 119 cm³/mol. The maximum absolute atomic E-state index is 13.5. The zero-order valence-electron chi connectivity index (χ0n) is 17.6. The van der Waals surface area contributed by atoms with Gasteiger partial charge in [-0.05, 0) is 50.6 Å². The highest BCUT2D eigenvalue weighted by Gasteiger charge is 2.44. The molecule has 2 aromatic heterocycles. The van der Waals surface area contributed by atoms with Crippen LogP contribution in [-0.4, -0.2) is 60.9 Å². The molecule has 0 bridgehead atoms. The van der Waals surface area contributed by atoms with Gasteiger partial charge in [0.2, 0.25) is 5.78 Å². The maximum atomic E-state index is 13.5. The molecule has 162 valence electrons. The van der Waals surface area contributed by atoms with Gasteiger partial charge >= 0.3 is 0 Å². The molecule has 1 aliphatic rings. The van der Waals surface area contributed by atoms with E-state index in [1.165, 1.54) is 18.4 Å². The van der Waals surface area contributed by atoms with Gasteiger partial charge in [0.1, 0.15) is 0 Å². The van der Waals surface area contributed by atoms with E-state index in [0.29, 0.717) is 23.3 Å². The van der Waals surface area contributed by atoms with E-state index in [1.807, 2.05) is 48.6 Å². The fourth-order valence-corrected chi connectivity index (χ4v) is 4.70. The van der Waals surface area contributed by atoms with Crippen molar-refractivity contribution in [2.45, 2.75) is 12.5 Å². The van der Waals surface area contributed by atoms with Gasteiger partial charge in [-0.2, -0.15) is 0 Å². The number of rotatable bonds is 8. The van der Waals surface area contributed by atoms with E-state index in [0.717, 1.165) is 17.8 Å². The Bertz CT molecular complexity index is 1150. The monoisotopic (exact) mass is 440 g/mol. The van der Waals surface area contributed by atoms with Gasteiger partial charge in [0.15, 0.2) is 22.9 Å². The number of carbonyl (C=O) groups is 2. The summed E-state index contributed by atoms with van der Waals surface area (Å²) in [5, 5.41) is 13.3. The first kappa shape index (κ1) is 21.1. The summed E-state index contributed by atoms with van der Waals surface area (Å²) in [6.07, 6.45) is 0.719. The van der Waals surface area contributed by atoms with Crippen LogP contribution in [-0.2, 0) is 4.79 Å². The van der Waals surface area contributed by atoms with Crippen LogP contribution in [0.4, 0.5) is 0 Å². The summed E-state index contributed by atoms with van der Waals surface area (Å²) in [5.41, 5.74) is 0.503. The molecule has 1 atom stereocenters. The average Bonchev–Trinajstić information content (AvgIpc) is 3.47. The summed E-state index contributed by atoms with van der Waals surface area (Å²) < 4.78 is 11.1. The zero-order chi connectivity index (χ0) is 22.1. The molecule has 3 heterocycles. The largest absolute Gasteiger partial charge is 0.503 e. The number of fused-ring (bicyclic) bond motifs is 1. The molecular formula is C23H24N2O5S. The number of methoxy groups -OCH3 is 1. The number of aliphatic hydroxyl groups excluding tert-OH is 1. The minimum atomic E-state index is -0.641. The van der Waals surface area contributed by atoms with Gasteiger partial charge in [-0.25, -0.2) is 0 Å². The predicted octanol–water partition coefficient (Wildman–Crippen LogP) is 4.03. The Kier molecular flexibility index (Phi) is 5.84. The van der Waals surface area contributed by atoms with Crippen molar-refractivity contribution in [2.75, 3.05) is 34.3 Å². The number of thiophene rings is 1. The maximum Gasteiger partial charge on any atom is 0.290 e. The third-order valence-corrected chi connectivity index (χ3v) is 6.24. The molecule has 0 unspecified atom stereocenters. The second kappa shape index (κ2) is 8.56. The Morgan fingerprint density at radius 1 is 1.29 bits per heavy atom. The number of benzene rings is 1. The highest BCUT2D eigenvalue weighted by Crippen LogP contribution is 2.41. The van der Waals surface area contributed by atoms with Crippen LogP contribution in [0.25, 0.3) is 11.0 Å². The number of furan rings is 1. The number of ether oxygens (including phenoxy) is 1. The molecule has 1 aromatic carbocycles. The SMILES string of the molecule is COc1cccc2cc(C(=O)C3=C(O)C(=O)N(CCCN(C)C)[C@H]3c3cccs3)oc12. The van der Waals surface area contributed by atoms with Crippen molar-refractivity contribution < 1.29 is 23.8 Å². The number of hydrogen-bond acceptors (Lipinski definition) is 7. The molecule has 0 aliphatic carbocycles. The molecule has 0 saturated heterocycles. The quantitative estimate of drug-likeness (QED) is 0.533. The van der Waals surface area contributed by atoms with Crippen LogP contribution in [0.3, 0.4) is 0 Å². The Labute approximate surface area is 184 Å². The van der Waals surface area contributed by atoms with E-state index in [2.05, 4.69) is 0 Å². The molecule has 0 saturated carbocycles. The van der Waals surface area contributed by atoms with Crippen LogP contribution < -0.4 is 4.74 Å². The van der Waals surface area contributed by atoms with E-state index >= 15 is 0 Å².